The molecule has 1 aliphatic carbocycles. The Morgan fingerprint density at radius 2 is 1.81 bits per heavy atom. The van der Waals surface area contributed by atoms with Crippen LogP contribution in [0.2, 0.25) is 0 Å². The molecule has 2 aromatic rings. The largest absolute Gasteiger partial charge is 0.490 e. The van der Waals surface area contributed by atoms with E-state index in [-0.39, 0.29) is 19.1 Å². The van der Waals surface area contributed by atoms with Crippen LogP contribution < -0.4 is 10.1 Å². The number of fused-ring (bicyclic) bond motifs is 1. The van der Waals surface area contributed by atoms with Crippen LogP contribution in [-0.4, -0.2) is 41.2 Å². The first-order valence-electron chi connectivity index (χ1n) is 10.8. The number of nitrogens with one attached hydrogen (secondary N) is 1. The van der Waals surface area contributed by atoms with Crippen molar-refractivity contribution in [3.63, 3.8) is 0 Å². The van der Waals surface area contributed by atoms with Gasteiger partial charge in [-0.25, -0.2) is 4.79 Å². The standard InChI is InChI=1S/C25H30N2O4/c1-15-8-9-16(2)22(17(15)3)31-14-21(28)13-27-23(29)25(4,26-24(27)30)20-11-10-18-6-5-7-19(18)12-20/h8-12,21,28H,5-7,13-14H2,1-4H3,(H,26,30)/t21-,25+/m1/s1. The number of carbonyl (C=O) groups is 2. The normalized spacial score (nSPS) is 21.3. The molecule has 6 heteroatoms. The molecule has 164 valence electrons. The molecule has 0 aromatic heterocycles. The van der Waals surface area contributed by atoms with Crippen LogP contribution >= 0.6 is 0 Å². The minimum absolute atomic E-state index is 0.00223. The Bertz CT molecular complexity index is 1050. The van der Waals surface area contributed by atoms with Crippen LogP contribution in [0.4, 0.5) is 4.79 Å². The Balaban J connectivity index is 1.45. The van der Waals surface area contributed by atoms with Gasteiger partial charge in [-0.05, 0) is 80.3 Å². The molecule has 2 N–H and O–H groups in total. The average Bonchev–Trinajstić information content (AvgIpc) is 3.29. The number of nitrogens with zero attached hydrogens (tertiary/aromatic N) is 1. The maximum atomic E-state index is 13.2. The molecule has 0 radical (unpaired) electrons. The lowest BCUT2D eigenvalue weighted by molar-refractivity contribution is -0.132. The van der Waals surface area contributed by atoms with Crippen LogP contribution in [0, 0.1) is 20.8 Å². The topological polar surface area (TPSA) is 78.9 Å². The second-order valence-corrected chi connectivity index (χ2v) is 8.93. The van der Waals surface area contributed by atoms with Crippen molar-refractivity contribution in [3.8, 4) is 5.75 Å². The van der Waals surface area contributed by atoms with E-state index in [4.69, 9.17) is 4.74 Å². The maximum Gasteiger partial charge on any atom is 0.325 e. The molecule has 31 heavy (non-hydrogen) atoms. The molecular weight excluding hydrogens is 392 g/mol. The van der Waals surface area contributed by atoms with Crippen molar-refractivity contribution < 1.29 is 19.4 Å². The van der Waals surface area contributed by atoms with Crippen molar-refractivity contribution in [2.75, 3.05) is 13.2 Å². The predicted molar refractivity (Wildman–Crippen MR) is 118 cm³/mol. The third-order valence-corrected chi connectivity index (χ3v) is 6.64. The molecule has 2 atom stereocenters. The number of hydrogen-bond acceptors (Lipinski definition) is 4. The number of urea groups is 1. The van der Waals surface area contributed by atoms with Crippen LogP contribution in [0.1, 0.15) is 46.7 Å². The van der Waals surface area contributed by atoms with Crippen molar-refractivity contribution in [2.45, 2.75) is 58.6 Å². The third kappa shape index (κ3) is 3.81. The smallest absolute Gasteiger partial charge is 0.325 e. The number of ether oxygens (including phenoxy) is 1. The van der Waals surface area contributed by atoms with Gasteiger partial charge in [0.15, 0.2) is 0 Å². The zero-order valence-corrected chi connectivity index (χ0v) is 18.6. The Kier molecular flexibility index (Phi) is 5.52. The molecule has 4 rings (SSSR count). The van der Waals surface area contributed by atoms with Gasteiger partial charge in [0.1, 0.15) is 24.0 Å². The van der Waals surface area contributed by atoms with Gasteiger partial charge in [0, 0.05) is 0 Å². The van der Waals surface area contributed by atoms with Crippen LogP contribution in [0.5, 0.6) is 5.75 Å². The van der Waals surface area contributed by atoms with Gasteiger partial charge in [-0.15, -0.1) is 0 Å². The van der Waals surface area contributed by atoms with Crippen LogP contribution in [0.25, 0.3) is 0 Å². The van der Waals surface area contributed by atoms with Gasteiger partial charge in [0.05, 0.1) is 6.54 Å². The molecule has 0 bridgehead atoms. The highest BCUT2D eigenvalue weighted by Crippen LogP contribution is 2.33. The Morgan fingerprint density at radius 3 is 2.58 bits per heavy atom. The Morgan fingerprint density at radius 1 is 1.10 bits per heavy atom. The highest BCUT2D eigenvalue weighted by Gasteiger charge is 2.49. The number of β-amino-alcohol motifs (C(OH)–C–C–N with tert-alkyl or cyclic N) is 1. The number of aryl methyl sites for hydroxylation is 4. The van der Waals surface area contributed by atoms with Gasteiger partial charge in [-0.1, -0.05) is 30.3 Å². The summed E-state index contributed by atoms with van der Waals surface area (Å²) in [5.74, 6) is 0.386. The zero-order valence-electron chi connectivity index (χ0n) is 18.6. The summed E-state index contributed by atoms with van der Waals surface area (Å²) >= 11 is 0. The van der Waals surface area contributed by atoms with E-state index in [2.05, 4.69) is 11.4 Å². The van der Waals surface area contributed by atoms with E-state index < -0.39 is 17.7 Å². The second-order valence-electron chi connectivity index (χ2n) is 8.93. The van der Waals surface area contributed by atoms with Gasteiger partial charge in [-0.2, -0.15) is 0 Å². The van der Waals surface area contributed by atoms with E-state index in [1.54, 1.807) is 6.92 Å². The predicted octanol–water partition coefficient (Wildman–Crippen LogP) is 3.31. The molecule has 2 aromatic carbocycles. The minimum atomic E-state index is -1.13. The summed E-state index contributed by atoms with van der Waals surface area (Å²) in [5.41, 5.74) is 5.33. The number of aliphatic hydroxyl groups excluding tert-OH is 1. The minimum Gasteiger partial charge on any atom is -0.490 e. The Labute approximate surface area is 183 Å². The van der Waals surface area contributed by atoms with Gasteiger partial charge >= 0.3 is 6.03 Å². The molecule has 6 nitrogen and oxygen atoms in total. The first kappa shape index (κ1) is 21.4. The lowest BCUT2D eigenvalue weighted by atomic mass is 9.89. The van der Waals surface area contributed by atoms with E-state index in [0.29, 0.717) is 0 Å². The fourth-order valence-corrected chi connectivity index (χ4v) is 4.53. The molecule has 0 saturated carbocycles. The first-order chi connectivity index (χ1) is 14.7. The second kappa shape index (κ2) is 8.00. The maximum absolute atomic E-state index is 13.2. The van der Waals surface area contributed by atoms with E-state index in [1.165, 1.54) is 11.1 Å². The fraction of sp³-hybridized carbons (Fsp3) is 0.440. The van der Waals surface area contributed by atoms with E-state index in [1.807, 2.05) is 45.0 Å². The van der Waals surface area contributed by atoms with Crippen LogP contribution in [0.15, 0.2) is 30.3 Å². The van der Waals surface area contributed by atoms with Gasteiger partial charge in [-0.3, -0.25) is 9.69 Å². The quantitative estimate of drug-likeness (QED) is 0.700. The van der Waals surface area contributed by atoms with Gasteiger partial charge < -0.3 is 15.2 Å². The zero-order chi connectivity index (χ0) is 22.3. The average molecular weight is 423 g/mol. The number of aliphatic hydroxyl groups is 1. The van der Waals surface area contributed by atoms with Crippen LogP contribution in [0.3, 0.4) is 0 Å². The highest BCUT2D eigenvalue weighted by molar-refractivity contribution is 6.07. The van der Waals surface area contributed by atoms with E-state index in [9.17, 15) is 14.7 Å². The van der Waals surface area contributed by atoms with Crippen molar-refractivity contribution in [3.05, 3.63) is 63.7 Å². The summed E-state index contributed by atoms with van der Waals surface area (Å²) < 4.78 is 5.86. The molecule has 3 amide bonds. The fourth-order valence-electron chi connectivity index (χ4n) is 4.53. The van der Waals surface area contributed by atoms with Crippen molar-refractivity contribution in [2.24, 2.45) is 0 Å². The molecule has 2 aliphatic rings. The molecule has 0 unspecified atom stereocenters. The van der Waals surface area contributed by atoms with Crippen molar-refractivity contribution in [1.82, 2.24) is 10.2 Å². The summed E-state index contributed by atoms with van der Waals surface area (Å²) in [6.07, 6.45) is 2.19. The number of imide groups is 1. The number of hydrogen-bond donors (Lipinski definition) is 2. The molecule has 1 fully saturated rings. The summed E-state index contributed by atoms with van der Waals surface area (Å²) in [6, 6.07) is 9.53. The van der Waals surface area contributed by atoms with Crippen molar-refractivity contribution >= 4 is 11.9 Å². The highest BCUT2D eigenvalue weighted by atomic mass is 16.5. The summed E-state index contributed by atoms with van der Waals surface area (Å²) in [7, 11) is 0. The lowest BCUT2D eigenvalue weighted by Crippen LogP contribution is -2.42. The molecule has 1 saturated heterocycles. The van der Waals surface area contributed by atoms with E-state index in [0.717, 1.165) is 52.2 Å². The molecular formula is C25H30N2O4. The molecule has 1 heterocycles. The number of carbonyl (C=O) groups excluding carboxylic acids is 2. The molecule has 1 aliphatic heterocycles. The Hall–Kier alpha value is -2.86. The molecule has 0 spiro atoms. The summed E-state index contributed by atoms with van der Waals surface area (Å²) in [5, 5.41) is 13.4. The SMILES string of the molecule is Cc1ccc(C)c(OC[C@H](O)CN2C(=O)N[C@@](C)(c3ccc4c(c3)CCC4)C2=O)c1C. The summed E-state index contributed by atoms with van der Waals surface area (Å²) in [6.45, 7) is 7.54. The van der Waals surface area contributed by atoms with Gasteiger partial charge in [0.2, 0.25) is 0 Å². The van der Waals surface area contributed by atoms with Gasteiger partial charge in [0.25, 0.3) is 5.91 Å². The first-order valence-corrected chi connectivity index (χ1v) is 10.8. The lowest BCUT2D eigenvalue weighted by Gasteiger charge is -2.24. The van der Waals surface area contributed by atoms with E-state index >= 15 is 0 Å². The summed E-state index contributed by atoms with van der Waals surface area (Å²) in [4.78, 5) is 26.9. The third-order valence-electron chi connectivity index (χ3n) is 6.64. The van der Waals surface area contributed by atoms with Crippen molar-refractivity contribution in [1.29, 1.82) is 0 Å². The monoisotopic (exact) mass is 422 g/mol. The van der Waals surface area contributed by atoms with Crippen LogP contribution in [-0.2, 0) is 23.2 Å². The number of amides is 3. The number of rotatable bonds is 6. The number of benzene rings is 2.